The van der Waals surface area contributed by atoms with Gasteiger partial charge in [-0.2, -0.15) is 0 Å². The maximum atomic E-state index is 11.6. The van der Waals surface area contributed by atoms with Gasteiger partial charge in [-0.05, 0) is 24.3 Å². The average molecular weight is 276 g/mol. The number of hydrogen-bond acceptors (Lipinski definition) is 5. The molecule has 0 unspecified atom stereocenters. The lowest BCUT2D eigenvalue weighted by Crippen LogP contribution is -2.28. The third-order valence-electron chi connectivity index (χ3n) is 2.14. The fraction of sp³-hybridized carbons (Fsp3) is 0.400. The topological polar surface area (TPSA) is 72.6 Å². The second kappa shape index (κ2) is 6.25. The Balaban J connectivity index is 2.45. The molecular weight excluding hydrogens is 260 g/mol. The van der Waals surface area contributed by atoms with Gasteiger partial charge in [-0.25, -0.2) is 8.42 Å². The number of benzene rings is 1. The Labute approximate surface area is 106 Å². The number of thioether (sulfide) groups is 1. The lowest BCUT2D eigenvalue weighted by atomic mass is 10.3. The minimum absolute atomic E-state index is 0.0341. The molecule has 0 bridgehead atoms. The molecule has 1 aromatic rings. The molecule has 0 atom stereocenters. The molecule has 0 radical (unpaired) electrons. The highest BCUT2D eigenvalue weighted by Gasteiger charge is 2.16. The van der Waals surface area contributed by atoms with E-state index in [1.807, 2.05) is 12.1 Å². The first-order valence-electron chi connectivity index (χ1n) is 4.95. The lowest BCUT2D eigenvalue weighted by Gasteiger charge is -2.13. The van der Waals surface area contributed by atoms with E-state index in [2.05, 4.69) is 4.84 Å². The third kappa shape index (κ3) is 4.55. The molecule has 96 valence electrons. The molecule has 0 amide bonds. The van der Waals surface area contributed by atoms with Crippen LogP contribution < -0.4 is 5.73 Å². The summed E-state index contributed by atoms with van der Waals surface area (Å²) in [4.78, 5) is 5.65. The van der Waals surface area contributed by atoms with Crippen LogP contribution in [0.1, 0.15) is 0 Å². The Bertz CT molecular complexity index is 445. The normalized spacial score (nSPS) is 11.9. The van der Waals surface area contributed by atoms with Gasteiger partial charge in [0, 0.05) is 23.4 Å². The van der Waals surface area contributed by atoms with Gasteiger partial charge in [-0.1, -0.05) is 4.47 Å². The van der Waals surface area contributed by atoms with Crippen molar-refractivity contribution < 1.29 is 13.3 Å². The van der Waals surface area contributed by atoms with Gasteiger partial charge in [0.15, 0.2) is 0 Å². The fourth-order valence-electron chi connectivity index (χ4n) is 1.07. The number of nitrogens with zero attached hydrogens (tertiary/aromatic N) is 1. The molecule has 0 heterocycles. The van der Waals surface area contributed by atoms with E-state index in [0.717, 1.165) is 9.36 Å². The van der Waals surface area contributed by atoms with E-state index >= 15 is 0 Å². The zero-order chi connectivity index (χ0) is 12.9. The van der Waals surface area contributed by atoms with Gasteiger partial charge in [0.1, 0.15) is 0 Å². The Kier molecular flexibility index (Phi) is 5.26. The van der Waals surface area contributed by atoms with Gasteiger partial charge in [0.05, 0.1) is 12.9 Å². The number of nitrogens with two attached hydrogens (primary N) is 1. The predicted molar refractivity (Wildman–Crippen MR) is 70.1 cm³/mol. The Morgan fingerprint density at radius 3 is 2.47 bits per heavy atom. The van der Waals surface area contributed by atoms with Gasteiger partial charge < -0.3 is 5.73 Å². The molecule has 0 aliphatic rings. The Hall–Kier alpha value is -0.760. The number of hydrogen-bond donors (Lipinski definition) is 1. The van der Waals surface area contributed by atoms with E-state index in [1.54, 1.807) is 12.1 Å². The number of nitrogen functional groups attached to an aromatic ring is 1. The van der Waals surface area contributed by atoms with Crippen LogP contribution in [0.4, 0.5) is 5.69 Å². The first-order valence-corrected chi connectivity index (χ1v) is 7.54. The molecule has 0 aromatic heterocycles. The molecule has 0 aliphatic carbocycles. The van der Waals surface area contributed by atoms with E-state index in [4.69, 9.17) is 5.73 Å². The minimum atomic E-state index is -3.32. The Morgan fingerprint density at radius 1 is 1.35 bits per heavy atom. The largest absolute Gasteiger partial charge is 0.399 e. The van der Waals surface area contributed by atoms with Crippen LogP contribution in [0.3, 0.4) is 0 Å². The first kappa shape index (κ1) is 14.3. The highest BCUT2D eigenvalue weighted by Crippen LogP contribution is 2.19. The van der Waals surface area contributed by atoms with Crippen molar-refractivity contribution in [1.29, 1.82) is 0 Å². The molecule has 17 heavy (non-hydrogen) atoms. The molecule has 1 rings (SSSR count). The third-order valence-corrected chi connectivity index (χ3v) is 5.06. The summed E-state index contributed by atoms with van der Waals surface area (Å²) >= 11 is 1.47. The number of anilines is 1. The van der Waals surface area contributed by atoms with E-state index < -0.39 is 10.0 Å². The van der Waals surface area contributed by atoms with Gasteiger partial charge in [0.2, 0.25) is 10.0 Å². The second-order valence-electron chi connectivity index (χ2n) is 3.33. The molecule has 7 heteroatoms. The number of sulfonamides is 1. The van der Waals surface area contributed by atoms with Gasteiger partial charge in [0.25, 0.3) is 0 Å². The summed E-state index contributed by atoms with van der Waals surface area (Å²) < 4.78 is 24.0. The van der Waals surface area contributed by atoms with Crippen LogP contribution in [0.2, 0.25) is 0 Å². The van der Waals surface area contributed by atoms with Crippen molar-refractivity contribution in [3.05, 3.63) is 24.3 Å². The summed E-state index contributed by atoms with van der Waals surface area (Å²) in [5.74, 6) is 0.506. The summed E-state index contributed by atoms with van der Waals surface area (Å²) in [6, 6.07) is 7.32. The number of hydroxylamine groups is 1. The van der Waals surface area contributed by atoms with Crippen molar-refractivity contribution in [1.82, 2.24) is 4.47 Å². The average Bonchev–Trinajstić information content (AvgIpc) is 2.30. The van der Waals surface area contributed by atoms with Crippen LogP contribution in [0, 0.1) is 0 Å². The van der Waals surface area contributed by atoms with Crippen LogP contribution in [0.25, 0.3) is 0 Å². The fourth-order valence-corrected chi connectivity index (χ4v) is 3.30. The van der Waals surface area contributed by atoms with Crippen LogP contribution in [-0.4, -0.2) is 38.5 Å². The maximum Gasteiger partial charge on any atom is 0.236 e. The van der Waals surface area contributed by atoms with Gasteiger partial charge >= 0.3 is 0 Å². The predicted octanol–water partition coefficient (Wildman–Crippen LogP) is 1.18. The van der Waals surface area contributed by atoms with Crippen LogP contribution in [0.5, 0.6) is 0 Å². The minimum Gasteiger partial charge on any atom is -0.399 e. The SMILES string of the molecule is CON(C)S(=O)(=O)CCSc1ccc(N)cc1. The summed E-state index contributed by atoms with van der Waals surface area (Å²) in [5, 5.41) is 0. The summed E-state index contributed by atoms with van der Waals surface area (Å²) in [7, 11) is -0.621. The van der Waals surface area contributed by atoms with Crippen LogP contribution >= 0.6 is 11.8 Å². The summed E-state index contributed by atoms with van der Waals surface area (Å²) in [6.07, 6.45) is 0. The molecule has 0 saturated carbocycles. The standard InChI is InChI=1S/C10H16N2O3S2/c1-12(15-2)17(13,14)8-7-16-10-5-3-9(11)4-6-10/h3-6H,7-8,11H2,1-2H3. The number of rotatable bonds is 6. The molecule has 0 saturated heterocycles. The molecule has 0 fully saturated rings. The van der Waals surface area contributed by atoms with E-state index in [1.165, 1.54) is 25.9 Å². The summed E-state index contributed by atoms with van der Waals surface area (Å²) in [5.41, 5.74) is 6.25. The highest BCUT2D eigenvalue weighted by atomic mass is 32.2. The van der Waals surface area contributed by atoms with Crippen molar-refractivity contribution in [2.24, 2.45) is 0 Å². The zero-order valence-corrected chi connectivity index (χ0v) is 11.4. The van der Waals surface area contributed by atoms with Crippen molar-refractivity contribution >= 4 is 27.5 Å². The van der Waals surface area contributed by atoms with E-state index in [9.17, 15) is 8.42 Å². The quantitative estimate of drug-likeness (QED) is 0.480. The van der Waals surface area contributed by atoms with E-state index in [0.29, 0.717) is 11.4 Å². The zero-order valence-electron chi connectivity index (χ0n) is 9.79. The molecule has 2 N–H and O–H groups in total. The molecule has 5 nitrogen and oxygen atoms in total. The maximum absolute atomic E-state index is 11.6. The summed E-state index contributed by atoms with van der Waals surface area (Å²) in [6.45, 7) is 0. The first-order chi connectivity index (χ1) is 7.95. The molecule has 0 aliphatic heterocycles. The molecule has 1 aromatic carbocycles. The molecule has 0 spiro atoms. The van der Waals surface area contributed by atoms with Crippen molar-refractivity contribution in [3.8, 4) is 0 Å². The lowest BCUT2D eigenvalue weighted by molar-refractivity contribution is -0.0256. The van der Waals surface area contributed by atoms with Crippen LogP contribution in [0.15, 0.2) is 29.2 Å². The van der Waals surface area contributed by atoms with Crippen LogP contribution in [-0.2, 0) is 14.9 Å². The Morgan fingerprint density at radius 2 is 1.94 bits per heavy atom. The van der Waals surface area contributed by atoms with Crippen molar-refractivity contribution in [2.45, 2.75) is 4.90 Å². The van der Waals surface area contributed by atoms with E-state index in [-0.39, 0.29) is 5.75 Å². The highest BCUT2D eigenvalue weighted by molar-refractivity contribution is 8.00. The monoisotopic (exact) mass is 276 g/mol. The smallest absolute Gasteiger partial charge is 0.236 e. The van der Waals surface area contributed by atoms with Crippen molar-refractivity contribution in [3.63, 3.8) is 0 Å². The molecular formula is C10H16N2O3S2. The van der Waals surface area contributed by atoms with Gasteiger partial charge in [-0.15, -0.1) is 11.8 Å². The van der Waals surface area contributed by atoms with Crippen molar-refractivity contribution in [2.75, 3.05) is 31.4 Å². The second-order valence-corrected chi connectivity index (χ2v) is 6.58. The van der Waals surface area contributed by atoms with Gasteiger partial charge in [-0.3, -0.25) is 4.84 Å².